The largest absolute Gasteiger partial charge is 0.394 e. The number of nitrogens with zero attached hydrogens (tertiary/aromatic N) is 2. The first-order chi connectivity index (χ1) is 44.6. The zero-order valence-corrected chi connectivity index (χ0v) is 66.8. The summed E-state index contributed by atoms with van der Waals surface area (Å²) in [5, 5.41) is 10.9. The van der Waals surface area contributed by atoms with Gasteiger partial charge in [0.25, 0.3) is 0 Å². The summed E-state index contributed by atoms with van der Waals surface area (Å²) in [6.07, 6.45) is 8.47. The molecule has 0 radical (unpaired) electrons. The molecule has 1 heterocycles. The molecule has 1 saturated heterocycles. The Labute approximate surface area is 590 Å². The number of aliphatic hydroxyl groups is 1. The van der Waals surface area contributed by atoms with E-state index in [1.807, 2.05) is 123 Å². The predicted molar refractivity (Wildman–Crippen MR) is 418 cm³/mol. The van der Waals surface area contributed by atoms with Gasteiger partial charge >= 0.3 is 0 Å². The van der Waals surface area contributed by atoms with Crippen LogP contribution in [-0.4, -0.2) is 188 Å². The lowest BCUT2D eigenvalue weighted by atomic mass is 10.0. The van der Waals surface area contributed by atoms with Gasteiger partial charge in [-0.2, -0.15) is 0 Å². The number of aliphatic hydroxyl groups excluding tert-OH is 1. The lowest BCUT2D eigenvalue weighted by Crippen LogP contribution is -2.54. The van der Waals surface area contributed by atoms with E-state index in [1.54, 1.807) is 27.8 Å². The molecular weight excluding hydrogens is 1230 g/mol. The third-order valence-corrected chi connectivity index (χ3v) is 8.64. The zero-order valence-electron chi connectivity index (χ0n) is 66.8. The number of carbonyl (C=O) groups excluding carboxylic acids is 13. The van der Waals surface area contributed by atoms with E-state index in [2.05, 4.69) is 160 Å². The van der Waals surface area contributed by atoms with Crippen LogP contribution in [0.25, 0.3) is 0 Å². The molecule has 0 unspecified atom stereocenters. The normalized spacial score (nSPS) is 8.40. The van der Waals surface area contributed by atoms with Crippen molar-refractivity contribution in [3.05, 3.63) is 71.8 Å². The molecule has 3 rings (SSSR count). The average molecular weight is 1400 g/mol. The molecule has 2 aromatic rings. The van der Waals surface area contributed by atoms with E-state index >= 15 is 0 Å². The van der Waals surface area contributed by atoms with Crippen LogP contribution in [0, 0.1) is 23.7 Å². The second kappa shape index (κ2) is 212. The lowest BCUT2D eigenvalue weighted by Gasteiger charge is -2.31. The number of nitrogens with two attached hydrogens (primary N) is 7. The van der Waals surface area contributed by atoms with E-state index in [0.29, 0.717) is 6.42 Å². The molecule has 2 aromatic carbocycles. The summed E-state index contributed by atoms with van der Waals surface area (Å²) in [7, 11) is 12.1. The van der Waals surface area contributed by atoms with Crippen molar-refractivity contribution < 1.29 is 67.4 Å². The van der Waals surface area contributed by atoms with E-state index in [4.69, 9.17) is 53.1 Å². The first-order valence-electron chi connectivity index (χ1n) is 30.1. The van der Waals surface area contributed by atoms with Crippen LogP contribution in [0.5, 0.6) is 0 Å². The summed E-state index contributed by atoms with van der Waals surface area (Å²) in [4.78, 5) is 120. The highest BCUT2D eigenvalue weighted by molar-refractivity contribution is 5.91. The van der Waals surface area contributed by atoms with Crippen molar-refractivity contribution in [2.75, 3.05) is 69.5 Å². The summed E-state index contributed by atoms with van der Waals surface area (Å²) in [6, 6.07) is 18.8. The van der Waals surface area contributed by atoms with Crippen LogP contribution in [0.3, 0.4) is 0 Å². The number of rotatable bonds is 10. The Morgan fingerprint density at radius 2 is 0.646 bits per heavy atom. The smallest absolute Gasteiger partial charge is 0.244 e. The van der Waals surface area contributed by atoms with E-state index < -0.39 is 12.1 Å². The van der Waals surface area contributed by atoms with Gasteiger partial charge in [-0.15, -0.1) is 0 Å². The minimum absolute atomic E-state index is 0. The van der Waals surface area contributed by atoms with E-state index in [9.17, 15) is 14.4 Å². The fourth-order valence-electron chi connectivity index (χ4n) is 3.94. The molecule has 0 saturated carbocycles. The Kier molecular flexibility index (Phi) is 372. The molecule has 25 N–H and O–H groups in total. The van der Waals surface area contributed by atoms with Crippen molar-refractivity contribution >= 4 is 85.6 Å². The monoisotopic (exact) mass is 1400 g/mol. The van der Waals surface area contributed by atoms with Crippen molar-refractivity contribution in [2.45, 2.75) is 201 Å². The standard InChI is InChI=1S/C20H29N3O3.C8H10.3C5H12.C4H10.C3H8O.C2H6.7CH5N.10CH2O.3H3N/c1-15(20(26)23-12-8-5-9-13-23)21-19(25)18(22(3)16(2)24)14-17-10-6-4-7-11-17;1-2-8-6-4-3-5-7-8;3*1-4-5(2)3;1-4(2)3;1-3(2)4;18*1-2;;;/h4,6-7,10-11,15,18H,5,8-9,12-14H2,1-3H3,(H,21,25);3-7H,2H2,1H3;3*5H,4H2,1-3H3;4H,1-3H3;3-4H,1-2H3;1-2H3;7*2H2,1H3;10*1H2;3*1H3/t15-,18-;;;;;;;;;;;;;;;;;;;;;;;;;;;/m0.........................../s1. The Morgan fingerprint density at radius 1 is 0.448 bits per heavy atom. The highest BCUT2D eigenvalue weighted by Crippen LogP contribution is 2.12. The van der Waals surface area contributed by atoms with Crippen LogP contribution in [0.1, 0.15) is 181 Å². The van der Waals surface area contributed by atoms with Gasteiger partial charge in [0.15, 0.2) is 0 Å². The molecule has 2 atom stereocenters. The van der Waals surface area contributed by atoms with Gasteiger partial charge in [-0.3, -0.25) is 14.4 Å². The Hall–Kier alpha value is -6.89. The summed E-state index contributed by atoms with van der Waals surface area (Å²) in [6.45, 7) is 60.7. The number of carbonyl (C=O) groups is 13. The maximum absolute atomic E-state index is 12.8. The molecule has 0 spiro atoms. The fourth-order valence-corrected chi connectivity index (χ4v) is 3.94. The van der Waals surface area contributed by atoms with Gasteiger partial charge < -0.3 is 127 Å². The molecule has 1 aliphatic heterocycles. The van der Waals surface area contributed by atoms with E-state index in [-0.39, 0.29) is 42.3 Å². The molecule has 588 valence electrons. The van der Waals surface area contributed by atoms with Crippen LogP contribution in [0.15, 0.2) is 60.7 Å². The molecule has 0 bridgehead atoms. The number of benzene rings is 2. The lowest BCUT2D eigenvalue weighted by molar-refractivity contribution is -0.140. The number of nitrogens with one attached hydrogen (secondary N) is 1. The van der Waals surface area contributed by atoms with Gasteiger partial charge in [0.2, 0.25) is 17.7 Å². The maximum atomic E-state index is 12.8. The second-order valence-corrected chi connectivity index (χ2v) is 17.0. The molecule has 96 heavy (non-hydrogen) atoms. The van der Waals surface area contributed by atoms with Crippen LogP contribution in [0.4, 0.5) is 0 Å². The summed E-state index contributed by atoms with van der Waals surface area (Å²) >= 11 is 0. The number of hydrogen-bond acceptors (Lipinski definition) is 24. The highest BCUT2D eigenvalue weighted by atomic mass is 16.3. The molecule has 1 fully saturated rings. The Balaban J connectivity index is -0.0000000267. The third-order valence-electron chi connectivity index (χ3n) is 8.64. The predicted octanol–water partition coefficient (Wildman–Crippen LogP) is 8.74. The van der Waals surface area contributed by atoms with Gasteiger partial charge in [0.05, 0.1) is 0 Å². The number of piperidine rings is 1. The average Bonchev–Trinajstić information content (AvgIpc) is 2.99. The van der Waals surface area contributed by atoms with Crippen LogP contribution < -0.4 is 63.9 Å². The molecule has 27 heteroatoms. The van der Waals surface area contributed by atoms with Gasteiger partial charge in [-0.1, -0.05) is 184 Å². The second-order valence-electron chi connectivity index (χ2n) is 17.0. The first-order valence-corrected chi connectivity index (χ1v) is 30.1. The van der Waals surface area contributed by atoms with Gasteiger partial charge in [0.1, 0.15) is 80.0 Å². The quantitative estimate of drug-likeness (QED) is 0.106. The number of aryl methyl sites for hydroxylation is 1. The van der Waals surface area contributed by atoms with Crippen LogP contribution in [0.2, 0.25) is 0 Å². The van der Waals surface area contributed by atoms with Gasteiger partial charge in [0, 0.05) is 39.6 Å². The Morgan fingerprint density at radius 3 is 0.812 bits per heavy atom. The van der Waals surface area contributed by atoms with Crippen molar-refractivity contribution in [2.24, 2.45) is 63.8 Å². The molecule has 3 amide bonds. The van der Waals surface area contributed by atoms with Crippen molar-refractivity contribution in [3.63, 3.8) is 0 Å². The van der Waals surface area contributed by atoms with Crippen molar-refractivity contribution in [1.82, 2.24) is 33.6 Å². The first kappa shape index (κ1) is 168. The van der Waals surface area contributed by atoms with E-state index in [1.165, 1.54) is 86.0 Å². The van der Waals surface area contributed by atoms with Crippen LogP contribution in [-0.2, 0) is 75.2 Å². The maximum Gasteiger partial charge on any atom is 0.244 e. The minimum Gasteiger partial charge on any atom is -0.394 e. The molecule has 0 aromatic heterocycles. The van der Waals surface area contributed by atoms with Gasteiger partial charge in [-0.05, 0) is 131 Å². The number of hydrogen-bond donors (Lipinski definition) is 12. The van der Waals surface area contributed by atoms with Crippen molar-refractivity contribution in [3.8, 4) is 0 Å². The fraction of sp³-hybridized carbons (Fsp3) is 0.638. The number of amides is 3. The summed E-state index contributed by atoms with van der Waals surface area (Å²) in [5.74, 6) is 2.95. The Bertz CT molecular complexity index is 1350. The van der Waals surface area contributed by atoms with Crippen LogP contribution >= 0.6 is 0 Å². The zero-order chi connectivity index (χ0) is 80.9. The molecule has 27 nitrogen and oxygen atoms in total. The highest BCUT2D eigenvalue weighted by Gasteiger charge is 2.29. The minimum atomic E-state index is -0.647. The van der Waals surface area contributed by atoms with E-state index in [0.717, 1.165) is 68.0 Å². The number of likely N-dealkylation sites (N-methyl/N-ethyl adjacent to an activating group) is 1. The molecule has 1 aliphatic rings. The van der Waals surface area contributed by atoms with Crippen molar-refractivity contribution in [1.29, 1.82) is 0 Å². The number of likely N-dealkylation sites (tertiary alicyclic amines) is 1. The molecular formula is C69H163N13O14. The summed E-state index contributed by atoms with van der Waals surface area (Å²) in [5.41, 5.74) is 33.9. The SMILES string of the molecule is C=O.C=O.C=O.C=O.C=O.C=O.C=O.C=O.C=O.C=O.CC.CC(=O)N(C)[C@@H](Cc1ccccc1)C(=O)N[C@@H](C)C(=O)N1CCCCC1.CC(C)C.CC(C)O.CCC(C)C.CCC(C)C.CCC(C)C.CCc1ccccc1.CN.CN.CN.CN.CN.CN.CN.N.N.N. The topological polar surface area (TPSA) is 548 Å². The summed E-state index contributed by atoms with van der Waals surface area (Å²) < 4.78 is 0. The third kappa shape index (κ3) is 229. The molecule has 0 aliphatic carbocycles. The van der Waals surface area contributed by atoms with Gasteiger partial charge in [-0.25, -0.2) is 0 Å².